The molecule has 0 aliphatic carbocycles. The second kappa shape index (κ2) is 6.63. The fraction of sp³-hybridized carbons (Fsp3) is 0.385. The predicted octanol–water partition coefficient (Wildman–Crippen LogP) is 1.47. The van der Waals surface area contributed by atoms with Crippen molar-refractivity contribution in [1.82, 2.24) is 5.32 Å². The maximum absolute atomic E-state index is 11.8. The molecule has 0 aromatic heterocycles. The average molecular weight is 267 g/mol. The van der Waals surface area contributed by atoms with Gasteiger partial charge in [0.15, 0.2) is 0 Å². The van der Waals surface area contributed by atoms with Crippen LogP contribution in [-0.4, -0.2) is 33.2 Å². The van der Waals surface area contributed by atoms with Gasteiger partial charge in [-0.3, -0.25) is 9.59 Å². The van der Waals surface area contributed by atoms with E-state index in [0.29, 0.717) is 12.8 Å². The SMILES string of the molecule is CC(CCCC(=O)O)NC(=O)c1cc(O)cc(O)c1. The molecule has 1 unspecified atom stereocenters. The number of rotatable bonds is 6. The number of hydrogen-bond acceptors (Lipinski definition) is 4. The third kappa shape index (κ3) is 5.29. The van der Waals surface area contributed by atoms with Crippen LogP contribution in [0.4, 0.5) is 0 Å². The summed E-state index contributed by atoms with van der Waals surface area (Å²) >= 11 is 0. The second-order valence-corrected chi connectivity index (χ2v) is 4.40. The number of carbonyl (C=O) groups is 2. The monoisotopic (exact) mass is 267 g/mol. The second-order valence-electron chi connectivity index (χ2n) is 4.40. The van der Waals surface area contributed by atoms with Crippen molar-refractivity contribution < 1.29 is 24.9 Å². The molecule has 0 saturated carbocycles. The van der Waals surface area contributed by atoms with Gasteiger partial charge < -0.3 is 20.6 Å². The highest BCUT2D eigenvalue weighted by Crippen LogP contribution is 2.20. The Morgan fingerprint density at radius 3 is 2.32 bits per heavy atom. The zero-order valence-corrected chi connectivity index (χ0v) is 10.6. The molecule has 1 aromatic carbocycles. The minimum Gasteiger partial charge on any atom is -0.508 e. The maximum Gasteiger partial charge on any atom is 0.303 e. The number of benzene rings is 1. The molecule has 0 fully saturated rings. The van der Waals surface area contributed by atoms with Crippen molar-refractivity contribution in [1.29, 1.82) is 0 Å². The first-order chi connectivity index (χ1) is 8.88. The molecule has 6 heteroatoms. The molecule has 0 bridgehead atoms. The largest absolute Gasteiger partial charge is 0.508 e. The standard InChI is InChI=1S/C13H17NO5/c1-8(3-2-4-12(17)18)14-13(19)9-5-10(15)7-11(16)6-9/h5-8,15-16H,2-4H2,1H3,(H,14,19)(H,17,18). The molecule has 104 valence electrons. The smallest absolute Gasteiger partial charge is 0.303 e. The van der Waals surface area contributed by atoms with Crippen LogP contribution in [-0.2, 0) is 4.79 Å². The summed E-state index contributed by atoms with van der Waals surface area (Å²) in [5.41, 5.74) is 0.155. The highest BCUT2D eigenvalue weighted by Gasteiger charge is 2.12. The van der Waals surface area contributed by atoms with Crippen LogP contribution in [0.5, 0.6) is 11.5 Å². The predicted molar refractivity (Wildman–Crippen MR) is 68.2 cm³/mol. The van der Waals surface area contributed by atoms with E-state index in [4.69, 9.17) is 5.11 Å². The van der Waals surface area contributed by atoms with Gasteiger partial charge in [0.25, 0.3) is 5.91 Å². The van der Waals surface area contributed by atoms with Gasteiger partial charge in [0.2, 0.25) is 0 Å². The summed E-state index contributed by atoms with van der Waals surface area (Å²) in [6, 6.07) is 3.45. The lowest BCUT2D eigenvalue weighted by molar-refractivity contribution is -0.137. The van der Waals surface area contributed by atoms with E-state index in [0.717, 1.165) is 6.07 Å². The molecule has 0 spiro atoms. The summed E-state index contributed by atoms with van der Waals surface area (Å²) in [6.07, 6.45) is 1.08. The lowest BCUT2D eigenvalue weighted by Crippen LogP contribution is -2.32. The Morgan fingerprint density at radius 2 is 1.79 bits per heavy atom. The van der Waals surface area contributed by atoms with E-state index in [1.807, 2.05) is 0 Å². The third-order valence-electron chi connectivity index (χ3n) is 2.57. The van der Waals surface area contributed by atoms with Crippen LogP contribution in [0.15, 0.2) is 18.2 Å². The topological polar surface area (TPSA) is 107 Å². The molecular weight excluding hydrogens is 250 g/mol. The summed E-state index contributed by atoms with van der Waals surface area (Å²) in [5.74, 6) is -1.67. The Balaban J connectivity index is 2.51. The van der Waals surface area contributed by atoms with Gasteiger partial charge >= 0.3 is 5.97 Å². The third-order valence-corrected chi connectivity index (χ3v) is 2.57. The van der Waals surface area contributed by atoms with Gasteiger partial charge in [-0.1, -0.05) is 0 Å². The number of phenolic OH excluding ortho intramolecular Hbond substituents is 2. The molecule has 0 aliphatic heterocycles. The molecule has 6 nitrogen and oxygen atoms in total. The number of amides is 1. The van der Waals surface area contributed by atoms with Gasteiger partial charge in [0.1, 0.15) is 11.5 Å². The molecule has 4 N–H and O–H groups in total. The summed E-state index contributed by atoms with van der Waals surface area (Å²) in [6.45, 7) is 1.77. The minimum atomic E-state index is -0.864. The molecule has 0 saturated heterocycles. The summed E-state index contributed by atoms with van der Waals surface area (Å²) < 4.78 is 0. The normalized spacial score (nSPS) is 11.8. The molecule has 19 heavy (non-hydrogen) atoms. The minimum absolute atomic E-state index is 0.0626. The molecule has 1 amide bonds. The number of aromatic hydroxyl groups is 2. The number of phenols is 2. The van der Waals surface area contributed by atoms with Gasteiger partial charge in [-0.2, -0.15) is 0 Å². The Labute approximate surface area is 110 Å². The van der Waals surface area contributed by atoms with Gasteiger partial charge in [-0.05, 0) is 31.9 Å². The number of carboxylic acid groups (broad SMARTS) is 1. The first-order valence-electron chi connectivity index (χ1n) is 5.94. The molecule has 1 rings (SSSR count). The van der Waals surface area contributed by atoms with Crippen LogP contribution in [0, 0.1) is 0 Å². The quantitative estimate of drug-likeness (QED) is 0.624. The number of carbonyl (C=O) groups excluding carboxylic acids is 1. The molecule has 1 atom stereocenters. The van der Waals surface area contributed by atoms with Crippen LogP contribution in [0.25, 0.3) is 0 Å². The Hall–Kier alpha value is -2.24. The van der Waals surface area contributed by atoms with Crippen molar-refractivity contribution in [2.24, 2.45) is 0 Å². The van der Waals surface area contributed by atoms with E-state index in [9.17, 15) is 19.8 Å². The molecule has 0 radical (unpaired) electrons. The van der Waals surface area contributed by atoms with E-state index in [1.165, 1.54) is 12.1 Å². The van der Waals surface area contributed by atoms with Gasteiger partial charge in [-0.25, -0.2) is 0 Å². The number of carboxylic acids is 1. The van der Waals surface area contributed by atoms with Crippen molar-refractivity contribution in [3.05, 3.63) is 23.8 Å². The van der Waals surface area contributed by atoms with Gasteiger partial charge in [-0.15, -0.1) is 0 Å². The Kier molecular flexibility index (Phi) is 5.17. The van der Waals surface area contributed by atoms with Crippen molar-refractivity contribution in [3.8, 4) is 11.5 Å². The molecule has 1 aromatic rings. The Morgan fingerprint density at radius 1 is 1.21 bits per heavy atom. The van der Waals surface area contributed by atoms with Crippen LogP contribution in [0.1, 0.15) is 36.5 Å². The zero-order valence-electron chi connectivity index (χ0n) is 10.6. The molecule has 0 aliphatic rings. The highest BCUT2D eigenvalue weighted by atomic mass is 16.4. The maximum atomic E-state index is 11.8. The lowest BCUT2D eigenvalue weighted by atomic mass is 10.1. The average Bonchev–Trinajstić information content (AvgIpc) is 2.26. The lowest BCUT2D eigenvalue weighted by Gasteiger charge is -2.13. The summed E-state index contributed by atoms with van der Waals surface area (Å²) in [4.78, 5) is 22.2. The van der Waals surface area contributed by atoms with Crippen LogP contribution < -0.4 is 5.32 Å². The number of hydrogen-bond donors (Lipinski definition) is 4. The highest BCUT2D eigenvalue weighted by molar-refractivity contribution is 5.95. The van der Waals surface area contributed by atoms with E-state index < -0.39 is 11.9 Å². The van der Waals surface area contributed by atoms with Gasteiger partial charge in [0.05, 0.1) is 0 Å². The number of nitrogens with one attached hydrogen (secondary N) is 1. The van der Waals surface area contributed by atoms with Crippen molar-refractivity contribution in [2.45, 2.75) is 32.2 Å². The van der Waals surface area contributed by atoms with Crippen LogP contribution in [0.3, 0.4) is 0 Å². The summed E-state index contributed by atoms with van der Waals surface area (Å²) in [7, 11) is 0. The first kappa shape index (κ1) is 14.8. The van der Waals surface area contributed by atoms with Crippen LogP contribution in [0.2, 0.25) is 0 Å². The summed E-state index contributed by atoms with van der Waals surface area (Å²) in [5, 5.41) is 29.7. The van der Waals surface area contributed by atoms with E-state index in [-0.39, 0.29) is 29.5 Å². The zero-order chi connectivity index (χ0) is 14.4. The fourth-order valence-electron chi connectivity index (χ4n) is 1.67. The van der Waals surface area contributed by atoms with Crippen molar-refractivity contribution >= 4 is 11.9 Å². The Bertz CT molecular complexity index is 452. The number of aliphatic carboxylic acids is 1. The first-order valence-corrected chi connectivity index (χ1v) is 5.94. The molecule has 0 heterocycles. The molecular formula is C13H17NO5. The van der Waals surface area contributed by atoms with Crippen molar-refractivity contribution in [2.75, 3.05) is 0 Å². The van der Waals surface area contributed by atoms with Crippen molar-refractivity contribution in [3.63, 3.8) is 0 Å². The van der Waals surface area contributed by atoms with Gasteiger partial charge in [0, 0.05) is 24.1 Å². The van der Waals surface area contributed by atoms with E-state index in [1.54, 1.807) is 6.92 Å². The van der Waals surface area contributed by atoms with Crippen LogP contribution >= 0.6 is 0 Å². The van der Waals surface area contributed by atoms with E-state index >= 15 is 0 Å². The van der Waals surface area contributed by atoms with E-state index in [2.05, 4.69) is 5.32 Å². The fourth-order valence-corrected chi connectivity index (χ4v) is 1.67.